The smallest absolute Gasteiger partial charge is 0.126 e. The van der Waals surface area contributed by atoms with Crippen molar-refractivity contribution >= 4 is 10.8 Å². The summed E-state index contributed by atoms with van der Waals surface area (Å²) < 4.78 is 5.22. The van der Waals surface area contributed by atoms with Crippen molar-refractivity contribution in [2.24, 2.45) is 0 Å². The second-order valence-electron chi connectivity index (χ2n) is 3.01. The maximum Gasteiger partial charge on any atom is 0.126 e. The Bertz CT molecular complexity index is 411. The van der Waals surface area contributed by atoms with Gasteiger partial charge in [0.1, 0.15) is 5.75 Å². The Kier molecular flexibility index (Phi) is 2.33. The molecule has 0 aliphatic carbocycles. The zero-order valence-corrected chi connectivity index (χ0v) is 7.90. The molecular formula is C11H11NO2. The van der Waals surface area contributed by atoms with Gasteiger partial charge in [-0.3, -0.25) is 4.98 Å². The van der Waals surface area contributed by atoms with E-state index in [2.05, 4.69) is 4.98 Å². The number of hydrogen-bond acceptors (Lipinski definition) is 3. The van der Waals surface area contributed by atoms with Gasteiger partial charge in [-0.05, 0) is 17.7 Å². The quantitative estimate of drug-likeness (QED) is 0.782. The van der Waals surface area contributed by atoms with Crippen LogP contribution in [0.2, 0.25) is 0 Å². The van der Waals surface area contributed by atoms with Gasteiger partial charge in [0.15, 0.2) is 0 Å². The van der Waals surface area contributed by atoms with Gasteiger partial charge >= 0.3 is 0 Å². The fourth-order valence-electron chi connectivity index (χ4n) is 1.54. The van der Waals surface area contributed by atoms with Crippen LogP contribution in [0.5, 0.6) is 5.75 Å². The van der Waals surface area contributed by atoms with Gasteiger partial charge in [0, 0.05) is 23.2 Å². The Hall–Kier alpha value is -1.61. The molecule has 0 spiro atoms. The van der Waals surface area contributed by atoms with Gasteiger partial charge in [0.05, 0.1) is 13.7 Å². The molecule has 3 heteroatoms. The van der Waals surface area contributed by atoms with E-state index in [1.807, 2.05) is 18.2 Å². The van der Waals surface area contributed by atoms with Crippen LogP contribution >= 0.6 is 0 Å². The molecule has 2 aromatic rings. The monoisotopic (exact) mass is 189 g/mol. The molecule has 0 saturated heterocycles. The predicted octanol–water partition coefficient (Wildman–Crippen LogP) is 1.74. The zero-order valence-electron chi connectivity index (χ0n) is 7.90. The summed E-state index contributed by atoms with van der Waals surface area (Å²) >= 11 is 0. The summed E-state index contributed by atoms with van der Waals surface area (Å²) in [6.07, 6.45) is 3.45. The fraction of sp³-hybridized carbons (Fsp3) is 0.182. The van der Waals surface area contributed by atoms with Crippen LogP contribution in [0.15, 0.2) is 30.6 Å². The molecule has 0 atom stereocenters. The van der Waals surface area contributed by atoms with Crippen molar-refractivity contribution in [2.75, 3.05) is 7.11 Å². The number of aromatic nitrogens is 1. The summed E-state index contributed by atoms with van der Waals surface area (Å²) in [5, 5.41) is 11.1. The van der Waals surface area contributed by atoms with Crippen LogP contribution in [-0.4, -0.2) is 17.2 Å². The Labute approximate surface area is 82.0 Å². The molecule has 0 unspecified atom stereocenters. The third kappa shape index (κ3) is 1.32. The lowest BCUT2D eigenvalue weighted by Crippen LogP contribution is -1.90. The van der Waals surface area contributed by atoms with E-state index in [0.29, 0.717) is 0 Å². The number of benzene rings is 1. The molecule has 3 nitrogen and oxygen atoms in total. The number of fused-ring (bicyclic) bond motifs is 1. The molecule has 2 rings (SSSR count). The van der Waals surface area contributed by atoms with Gasteiger partial charge in [0.25, 0.3) is 0 Å². The summed E-state index contributed by atoms with van der Waals surface area (Å²) in [6.45, 7) is 0.0200. The largest absolute Gasteiger partial charge is 0.496 e. The van der Waals surface area contributed by atoms with Crippen molar-refractivity contribution in [1.82, 2.24) is 4.98 Å². The molecule has 0 bridgehead atoms. The van der Waals surface area contributed by atoms with Gasteiger partial charge in [0.2, 0.25) is 0 Å². The Morgan fingerprint density at radius 3 is 2.86 bits per heavy atom. The normalized spacial score (nSPS) is 10.4. The first-order chi connectivity index (χ1) is 6.86. The van der Waals surface area contributed by atoms with Gasteiger partial charge in [-0.1, -0.05) is 6.07 Å². The van der Waals surface area contributed by atoms with E-state index in [-0.39, 0.29) is 6.61 Å². The molecule has 0 aliphatic heterocycles. The molecule has 14 heavy (non-hydrogen) atoms. The maximum atomic E-state index is 9.13. The molecule has 0 aliphatic rings. The topological polar surface area (TPSA) is 42.4 Å². The van der Waals surface area contributed by atoms with E-state index in [0.717, 1.165) is 22.1 Å². The number of hydrogen-bond donors (Lipinski definition) is 1. The second-order valence-corrected chi connectivity index (χ2v) is 3.01. The minimum Gasteiger partial charge on any atom is -0.496 e. The Morgan fingerprint density at radius 2 is 2.14 bits per heavy atom. The average molecular weight is 189 g/mol. The minimum absolute atomic E-state index is 0.0200. The van der Waals surface area contributed by atoms with Gasteiger partial charge in [-0.2, -0.15) is 0 Å². The van der Waals surface area contributed by atoms with E-state index in [1.54, 1.807) is 19.5 Å². The number of methoxy groups -OCH3 is 1. The highest BCUT2D eigenvalue weighted by molar-refractivity contribution is 5.90. The molecular weight excluding hydrogens is 178 g/mol. The first-order valence-electron chi connectivity index (χ1n) is 4.37. The molecule has 1 N–H and O–H groups in total. The van der Waals surface area contributed by atoms with Crippen LogP contribution in [0.3, 0.4) is 0 Å². The van der Waals surface area contributed by atoms with Crippen molar-refractivity contribution in [3.05, 3.63) is 36.2 Å². The van der Waals surface area contributed by atoms with E-state index >= 15 is 0 Å². The molecule has 1 aromatic heterocycles. The van der Waals surface area contributed by atoms with Crippen molar-refractivity contribution < 1.29 is 9.84 Å². The number of aliphatic hydroxyl groups excluding tert-OH is 1. The first-order valence-corrected chi connectivity index (χ1v) is 4.37. The van der Waals surface area contributed by atoms with Gasteiger partial charge in [-0.15, -0.1) is 0 Å². The summed E-state index contributed by atoms with van der Waals surface area (Å²) in [4.78, 5) is 4.03. The van der Waals surface area contributed by atoms with Crippen LogP contribution in [-0.2, 0) is 6.61 Å². The number of rotatable bonds is 2. The second kappa shape index (κ2) is 3.64. The molecule has 72 valence electrons. The standard InChI is InChI=1S/C11H11NO2/c1-14-11-3-2-8(7-13)10-6-12-5-4-9(10)11/h2-6,13H,7H2,1H3. The highest BCUT2D eigenvalue weighted by Gasteiger charge is 2.04. The van der Waals surface area contributed by atoms with E-state index in [9.17, 15) is 0 Å². The van der Waals surface area contributed by atoms with Crippen molar-refractivity contribution in [3.63, 3.8) is 0 Å². The first kappa shape index (κ1) is 8.97. The molecule has 0 saturated carbocycles. The minimum atomic E-state index is 0.0200. The van der Waals surface area contributed by atoms with Gasteiger partial charge in [-0.25, -0.2) is 0 Å². The van der Waals surface area contributed by atoms with Crippen LogP contribution < -0.4 is 4.74 Å². The van der Waals surface area contributed by atoms with Crippen molar-refractivity contribution in [1.29, 1.82) is 0 Å². The number of aliphatic hydroxyl groups is 1. The molecule has 0 radical (unpaired) electrons. The summed E-state index contributed by atoms with van der Waals surface area (Å²) in [5.74, 6) is 0.805. The lowest BCUT2D eigenvalue weighted by atomic mass is 10.1. The third-order valence-electron chi connectivity index (χ3n) is 2.26. The van der Waals surface area contributed by atoms with Crippen LogP contribution in [0, 0.1) is 0 Å². The number of nitrogens with zero attached hydrogens (tertiary/aromatic N) is 1. The lowest BCUT2D eigenvalue weighted by Gasteiger charge is -2.07. The third-order valence-corrected chi connectivity index (χ3v) is 2.26. The zero-order chi connectivity index (χ0) is 9.97. The van der Waals surface area contributed by atoms with Gasteiger partial charge < -0.3 is 9.84 Å². The molecule has 1 aromatic carbocycles. The number of pyridine rings is 1. The molecule has 0 fully saturated rings. The Balaban J connectivity index is 2.78. The lowest BCUT2D eigenvalue weighted by molar-refractivity contribution is 0.283. The number of ether oxygens (including phenoxy) is 1. The molecule has 0 amide bonds. The van der Waals surface area contributed by atoms with Crippen molar-refractivity contribution in [3.8, 4) is 5.75 Å². The summed E-state index contributed by atoms with van der Waals surface area (Å²) in [5.41, 5.74) is 0.869. The average Bonchev–Trinajstić information content (AvgIpc) is 2.27. The van der Waals surface area contributed by atoms with E-state index in [4.69, 9.17) is 9.84 Å². The highest BCUT2D eigenvalue weighted by Crippen LogP contribution is 2.27. The fourth-order valence-corrected chi connectivity index (χ4v) is 1.54. The van der Waals surface area contributed by atoms with Crippen LogP contribution in [0.25, 0.3) is 10.8 Å². The maximum absolute atomic E-state index is 9.13. The van der Waals surface area contributed by atoms with Crippen molar-refractivity contribution in [2.45, 2.75) is 6.61 Å². The summed E-state index contributed by atoms with van der Waals surface area (Å²) in [6, 6.07) is 5.59. The van der Waals surface area contributed by atoms with Crippen LogP contribution in [0.1, 0.15) is 5.56 Å². The van der Waals surface area contributed by atoms with E-state index < -0.39 is 0 Å². The SMILES string of the molecule is COc1ccc(CO)c2cnccc12. The van der Waals surface area contributed by atoms with Crippen LogP contribution in [0.4, 0.5) is 0 Å². The predicted molar refractivity (Wildman–Crippen MR) is 54.2 cm³/mol. The Morgan fingerprint density at radius 1 is 1.29 bits per heavy atom. The molecule has 1 heterocycles. The highest BCUT2D eigenvalue weighted by atomic mass is 16.5. The van der Waals surface area contributed by atoms with E-state index in [1.165, 1.54) is 0 Å². The summed E-state index contributed by atoms with van der Waals surface area (Å²) in [7, 11) is 1.63.